The number of aromatic hydroxyl groups is 1. The number of phenolic OH excluding ortho intramolecular Hbond substituents is 1. The summed E-state index contributed by atoms with van der Waals surface area (Å²) in [5, 5.41) is 10.3. The lowest BCUT2D eigenvalue weighted by Crippen LogP contribution is -2.06. The lowest BCUT2D eigenvalue weighted by Gasteiger charge is -2.21. The number of hydrogen-bond donors (Lipinski definition) is 1. The van der Waals surface area contributed by atoms with Crippen molar-refractivity contribution in [1.29, 1.82) is 0 Å². The standard InChI is InChI=1S/C17H28O/c1-6-9-11-15-13(5)17(18)12(4)14(8-3)16(15)10-7-2/h18H,6-11H2,1-5H3. The first-order valence-electron chi connectivity index (χ1n) is 7.41. The molecular weight excluding hydrogens is 220 g/mol. The van der Waals surface area contributed by atoms with Crippen LogP contribution in [0.1, 0.15) is 67.9 Å². The summed E-state index contributed by atoms with van der Waals surface area (Å²) in [4.78, 5) is 0. The molecule has 0 saturated carbocycles. The van der Waals surface area contributed by atoms with E-state index in [0.717, 1.165) is 30.4 Å². The van der Waals surface area contributed by atoms with E-state index in [0.29, 0.717) is 5.75 Å². The molecule has 0 spiro atoms. The number of hydrogen-bond acceptors (Lipinski definition) is 1. The van der Waals surface area contributed by atoms with E-state index < -0.39 is 0 Å². The summed E-state index contributed by atoms with van der Waals surface area (Å²) in [6.45, 7) is 10.8. The maximum atomic E-state index is 10.3. The van der Waals surface area contributed by atoms with E-state index in [1.807, 2.05) is 0 Å². The Kier molecular flexibility index (Phi) is 5.71. The fourth-order valence-corrected chi connectivity index (χ4v) is 2.92. The molecule has 0 unspecified atom stereocenters. The summed E-state index contributed by atoms with van der Waals surface area (Å²) in [6, 6.07) is 0. The average molecular weight is 248 g/mol. The Bertz CT molecular complexity index is 405. The zero-order valence-corrected chi connectivity index (χ0v) is 12.7. The third-order valence-electron chi connectivity index (χ3n) is 3.98. The van der Waals surface area contributed by atoms with Gasteiger partial charge in [-0.2, -0.15) is 0 Å². The quantitative estimate of drug-likeness (QED) is 0.761. The van der Waals surface area contributed by atoms with E-state index in [1.54, 1.807) is 0 Å². The number of phenols is 1. The Hall–Kier alpha value is -0.980. The molecule has 0 aliphatic carbocycles. The molecule has 0 bridgehead atoms. The molecule has 0 atom stereocenters. The normalized spacial score (nSPS) is 10.9. The van der Waals surface area contributed by atoms with Crippen molar-refractivity contribution in [3.8, 4) is 5.75 Å². The minimum absolute atomic E-state index is 0.526. The second-order valence-electron chi connectivity index (χ2n) is 5.24. The molecule has 1 rings (SSSR count). The van der Waals surface area contributed by atoms with Crippen molar-refractivity contribution in [3.63, 3.8) is 0 Å². The maximum absolute atomic E-state index is 10.3. The predicted molar refractivity (Wildman–Crippen MR) is 79.6 cm³/mol. The van der Waals surface area contributed by atoms with Crippen molar-refractivity contribution < 1.29 is 5.11 Å². The summed E-state index contributed by atoms with van der Waals surface area (Å²) >= 11 is 0. The zero-order chi connectivity index (χ0) is 13.7. The first-order valence-corrected chi connectivity index (χ1v) is 7.41. The minimum atomic E-state index is 0.526. The largest absolute Gasteiger partial charge is 0.507 e. The second kappa shape index (κ2) is 6.82. The van der Waals surface area contributed by atoms with E-state index in [-0.39, 0.29) is 0 Å². The summed E-state index contributed by atoms with van der Waals surface area (Å²) in [6.07, 6.45) is 6.87. The van der Waals surface area contributed by atoms with Crippen LogP contribution in [0, 0.1) is 13.8 Å². The van der Waals surface area contributed by atoms with Gasteiger partial charge in [-0.05, 0) is 67.3 Å². The Labute approximate surface area is 112 Å². The van der Waals surface area contributed by atoms with Crippen molar-refractivity contribution in [1.82, 2.24) is 0 Å². The molecule has 18 heavy (non-hydrogen) atoms. The van der Waals surface area contributed by atoms with Gasteiger partial charge in [-0.3, -0.25) is 0 Å². The van der Waals surface area contributed by atoms with Gasteiger partial charge in [-0.1, -0.05) is 33.6 Å². The van der Waals surface area contributed by atoms with Gasteiger partial charge < -0.3 is 5.11 Å². The molecule has 0 aliphatic rings. The molecule has 0 fully saturated rings. The first-order chi connectivity index (χ1) is 8.58. The second-order valence-corrected chi connectivity index (χ2v) is 5.24. The van der Waals surface area contributed by atoms with Crippen LogP contribution in [-0.2, 0) is 19.3 Å². The van der Waals surface area contributed by atoms with E-state index in [1.165, 1.54) is 36.0 Å². The smallest absolute Gasteiger partial charge is 0.121 e. The Balaban J connectivity index is 3.39. The molecule has 0 heterocycles. The molecular formula is C17H28O. The monoisotopic (exact) mass is 248 g/mol. The fraction of sp³-hybridized carbons (Fsp3) is 0.647. The fourth-order valence-electron chi connectivity index (χ4n) is 2.92. The predicted octanol–water partition coefficient (Wildman–Crippen LogP) is 4.87. The summed E-state index contributed by atoms with van der Waals surface area (Å²) in [5.41, 5.74) is 6.52. The van der Waals surface area contributed by atoms with E-state index in [2.05, 4.69) is 34.6 Å². The SMILES string of the molecule is CCCCc1c(C)c(O)c(C)c(CC)c1CCC. The lowest BCUT2D eigenvalue weighted by atomic mass is 9.86. The van der Waals surface area contributed by atoms with Crippen LogP contribution in [0.3, 0.4) is 0 Å². The van der Waals surface area contributed by atoms with E-state index in [4.69, 9.17) is 0 Å². The highest BCUT2D eigenvalue weighted by atomic mass is 16.3. The molecule has 1 nitrogen and oxygen atoms in total. The number of rotatable bonds is 6. The molecule has 1 aromatic rings. The van der Waals surface area contributed by atoms with Gasteiger partial charge in [0.15, 0.2) is 0 Å². The van der Waals surface area contributed by atoms with Crippen molar-refractivity contribution in [2.75, 3.05) is 0 Å². The first kappa shape index (κ1) is 15.1. The molecule has 102 valence electrons. The maximum Gasteiger partial charge on any atom is 0.121 e. The van der Waals surface area contributed by atoms with Crippen LogP contribution in [0.2, 0.25) is 0 Å². The topological polar surface area (TPSA) is 20.2 Å². The van der Waals surface area contributed by atoms with Crippen LogP contribution in [-0.4, -0.2) is 5.11 Å². The van der Waals surface area contributed by atoms with Gasteiger partial charge in [0.2, 0.25) is 0 Å². The van der Waals surface area contributed by atoms with Crippen LogP contribution < -0.4 is 0 Å². The summed E-state index contributed by atoms with van der Waals surface area (Å²) in [5.74, 6) is 0.526. The van der Waals surface area contributed by atoms with E-state index in [9.17, 15) is 5.11 Å². The summed E-state index contributed by atoms with van der Waals surface area (Å²) < 4.78 is 0. The van der Waals surface area contributed by atoms with Gasteiger partial charge in [0.25, 0.3) is 0 Å². The van der Waals surface area contributed by atoms with Crippen molar-refractivity contribution in [2.45, 2.75) is 73.1 Å². The van der Waals surface area contributed by atoms with Gasteiger partial charge in [0.1, 0.15) is 5.75 Å². The third-order valence-corrected chi connectivity index (χ3v) is 3.98. The molecule has 1 heteroatoms. The molecule has 1 aromatic carbocycles. The lowest BCUT2D eigenvalue weighted by molar-refractivity contribution is 0.464. The average Bonchev–Trinajstić information content (AvgIpc) is 2.37. The van der Waals surface area contributed by atoms with Gasteiger partial charge >= 0.3 is 0 Å². The highest BCUT2D eigenvalue weighted by Crippen LogP contribution is 2.34. The highest BCUT2D eigenvalue weighted by Gasteiger charge is 2.17. The Morgan fingerprint density at radius 1 is 0.778 bits per heavy atom. The summed E-state index contributed by atoms with van der Waals surface area (Å²) in [7, 11) is 0. The van der Waals surface area contributed by atoms with Crippen LogP contribution in [0.15, 0.2) is 0 Å². The van der Waals surface area contributed by atoms with E-state index >= 15 is 0 Å². The molecule has 0 aliphatic heterocycles. The zero-order valence-electron chi connectivity index (χ0n) is 12.7. The van der Waals surface area contributed by atoms with Crippen molar-refractivity contribution in [2.24, 2.45) is 0 Å². The van der Waals surface area contributed by atoms with Gasteiger partial charge in [0.05, 0.1) is 0 Å². The van der Waals surface area contributed by atoms with Crippen molar-refractivity contribution >= 4 is 0 Å². The molecule has 1 N–H and O–H groups in total. The highest BCUT2D eigenvalue weighted by molar-refractivity contribution is 5.54. The minimum Gasteiger partial charge on any atom is -0.507 e. The van der Waals surface area contributed by atoms with Crippen LogP contribution in [0.25, 0.3) is 0 Å². The van der Waals surface area contributed by atoms with Crippen molar-refractivity contribution in [3.05, 3.63) is 27.8 Å². The van der Waals surface area contributed by atoms with Gasteiger partial charge in [-0.15, -0.1) is 0 Å². The third kappa shape index (κ3) is 2.88. The van der Waals surface area contributed by atoms with Crippen LogP contribution >= 0.6 is 0 Å². The number of unbranched alkanes of at least 4 members (excludes halogenated alkanes) is 1. The van der Waals surface area contributed by atoms with Gasteiger partial charge in [-0.25, -0.2) is 0 Å². The Morgan fingerprint density at radius 3 is 1.89 bits per heavy atom. The number of benzene rings is 1. The molecule has 0 radical (unpaired) electrons. The van der Waals surface area contributed by atoms with Crippen LogP contribution in [0.5, 0.6) is 5.75 Å². The molecule has 0 aromatic heterocycles. The van der Waals surface area contributed by atoms with Crippen LogP contribution in [0.4, 0.5) is 0 Å². The molecule has 0 amide bonds. The molecule has 0 saturated heterocycles. The Morgan fingerprint density at radius 2 is 1.39 bits per heavy atom. The van der Waals surface area contributed by atoms with Gasteiger partial charge in [0, 0.05) is 0 Å².